The minimum atomic E-state index is -4.77. The summed E-state index contributed by atoms with van der Waals surface area (Å²) in [7, 11) is 1.86. The third-order valence-corrected chi connectivity index (χ3v) is 3.66. The molecule has 1 aromatic carbocycles. The normalized spacial score (nSPS) is 19.0. The molecule has 1 unspecified atom stereocenters. The van der Waals surface area contributed by atoms with E-state index in [4.69, 9.17) is 0 Å². The number of alkyl halides is 3. The Morgan fingerprint density at radius 3 is 2.57 bits per heavy atom. The van der Waals surface area contributed by atoms with Crippen LogP contribution in [0.25, 0.3) is 0 Å². The second-order valence-corrected chi connectivity index (χ2v) is 5.06. The summed E-state index contributed by atoms with van der Waals surface area (Å²) in [6.45, 7) is 8.44. The third-order valence-electron chi connectivity index (χ3n) is 3.66. The molecule has 2 rings (SSSR count). The third kappa shape index (κ3) is 3.04. The van der Waals surface area contributed by atoms with Crippen molar-refractivity contribution in [1.82, 2.24) is 4.90 Å². The Labute approximate surface area is 120 Å². The highest BCUT2D eigenvalue weighted by atomic mass is 19.4. The van der Waals surface area contributed by atoms with Gasteiger partial charge >= 0.3 is 6.18 Å². The van der Waals surface area contributed by atoms with Gasteiger partial charge in [-0.15, -0.1) is 0 Å². The topological polar surface area (TPSA) is 15.3 Å². The largest absolute Gasteiger partial charge is 0.421 e. The number of hydrogen-bond donors (Lipinski definition) is 1. The maximum absolute atomic E-state index is 13.5. The predicted molar refractivity (Wildman–Crippen MR) is 74.0 cm³/mol. The quantitative estimate of drug-likeness (QED) is 0.840. The van der Waals surface area contributed by atoms with Gasteiger partial charge in [0.15, 0.2) is 0 Å². The minimum absolute atomic E-state index is 0.153. The van der Waals surface area contributed by atoms with Gasteiger partial charge in [-0.25, -0.2) is 4.39 Å². The Hall–Kier alpha value is -1.98. The molecule has 1 aliphatic heterocycles. The zero-order chi connectivity index (χ0) is 15.8. The SMILES string of the molecule is C=C(Nc1cccc(F)c1C(F)(F)F)C1CCN(C)C1=C. The molecule has 114 valence electrons. The van der Waals surface area contributed by atoms with Crippen molar-refractivity contribution >= 4 is 5.69 Å². The van der Waals surface area contributed by atoms with Gasteiger partial charge in [0.25, 0.3) is 0 Å². The standard InChI is InChI=1S/C15H16F4N2/c1-9(11-7-8-21(3)10(11)2)20-13-6-4-5-12(16)14(13)15(17,18)19/h4-6,11,20H,1-2,7-8H2,3H3. The highest BCUT2D eigenvalue weighted by Crippen LogP contribution is 2.38. The second-order valence-electron chi connectivity index (χ2n) is 5.06. The molecular formula is C15H16F4N2. The molecule has 0 radical (unpaired) electrons. The van der Waals surface area contributed by atoms with Crippen LogP contribution in [-0.4, -0.2) is 18.5 Å². The van der Waals surface area contributed by atoms with Crippen LogP contribution < -0.4 is 5.32 Å². The number of nitrogens with zero attached hydrogens (tertiary/aromatic N) is 1. The summed E-state index contributed by atoms with van der Waals surface area (Å²) in [5, 5.41) is 2.61. The molecular weight excluding hydrogens is 284 g/mol. The van der Waals surface area contributed by atoms with E-state index in [0.717, 1.165) is 24.7 Å². The maximum atomic E-state index is 13.5. The van der Waals surface area contributed by atoms with Crippen LogP contribution in [0.5, 0.6) is 0 Å². The fourth-order valence-corrected chi connectivity index (χ4v) is 2.45. The molecule has 0 spiro atoms. The summed E-state index contributed by atoms with van der Waals surface area (Å²) in [5.41, 5.74) is -0.448. The van der Waals surface area contributed by atoms with Crippen molar-refractivity contribution in [3.63, 3.8) is 0 Å². The van der Waals surface area contributed by atoms with Crippen molar-refractivity contribution in [1.29, 1.82) is 0 Å². The van der Waals surface area contributed by atoms with Crippen LogP contribution in [0.15, 0.2) is 42.8 Å². The monoisotopic (exact) mass is 300 g/mol. The molecule has 0 aromatic heterocycles. The number of rotatable bonds is 3. The zero-order valence-electron chi connectivity index (χ0n) is 11.6. The molecule has 1 aliphatic rings. The van der Waals surface area contributed by atoms with Gasteiger partial charge < -0.3 is 10.2 Å². The van der Waals surface area contributed by atoms with E-state index in [-0.39, 0.29) is 11.6 Å². The molecule has 1 fully saturated rings. The average Bonchev–Trinajstić information content (AvgIpc) is 2.68. The van der Waals surface area contributed by atoms with Crippen molar-refractivity contribution in [3.8, 4) is 0 Å². The van der Waals surface area contributed by atoms with Crippen LogP contribution in [0.3, 0.4) is 0 Å². The predicted octanol–water partition coefficient (Wildman–Crippen LogP) is 4.24. The summed E-state index contributed by atoms with van der Waals surface area (Å²) in [5.74, 6) is -1.46. The molecule has 21 heavy (non-hydrogen) atoms. The second kappa shape index (κ2) is 5.42. The van der Waals surface area contributed by atoms with E-state index in [1.165, 1.54) is 12.1 Å². The number of benzene rings is 1. The first-order valence-corrected chi connectivity index (χ1v) is 6.43. The molecule has 1 atom stereocenters. The van der Waals surface area contributed by atoms with Crippen molar-refractivity contribution in [2.24, 2.45) is 5.92 Å². The summed E-state index contributed by atoms with van der Waals surface area (Å²) in [6.07, 6.45) is -4.05. The van der Waals surface area contributed by atoms with Gasteiger partial charge in [-0.05, 0) is 18.6 Å². The van der Waals surface area contributed by atoms with Gasteiger partial charge in [0.1, 0.15) is 11.4 Å². The molecule has 6 heteroatoms. The molecule has 0 saturated carbocycles. The lowest BCUT2D eigenvalue weighted by molar-refractivity contribution is -0.139. The first-order chi connectivity index (χ1) is 9.71. The van der Waals surface area contributed by atoms with Crippen molar-refractivity contribution < 1.29 is 17.6 Å². The summed E-state index contributed by atoms with van der Waals surface area (Å²) in [4.78, 5) is 1.92. The lowest BCUT2D eigenvalue weighted by Crippen LogP contribution is -2.17. The first kappa shape index (κ1) is 15.4. The van der Waals surface area contributed by atoms with Gasteiger partial charge in [0.05, 0.1) is 5.69 Å². The lowest BCUT2D eigenvalue weighted by atomic mass is 10.0. The Balaban J connectivity index is 2.27. The van der Waals surface area contributed by atoms with E-state index in [2.05, 4.69) is 18.5 Å². The number of likely N-dealkylation sites (tertiary alicyclic amines) is 1. The van der Waals surface area contributed by atoms with Gasteiger partial charge in [0, 0.05) is 30.9 Å². The number of halogens is 4. The average molecular weight is 300 g/mol. The molecule has 0 aliphatic carbocycles. The summed E-state index contributed by atoms with van der Waals surface area (Å²) < 4.78 is 52.3. The van der Waals surface area contributed by atoms with Crippen molar-refractivity contribution in [2.45, 2.75) is 12.6 Å². The van der Waals surface area contributed by atoms with Gasteiger partial charge in [-0.1, -0.05) is 19.2 Å². The van der Waals surface area contributed by atoms with E-state index in [0.29, 0.717) is 5.70 Å². The zero-order valence-corrected chi connectivity index (χ0v) is 11.6. The maximum Gasteiger partial charge on any atom is 0.421 e. The molecule has 0 bridgehead atoms. The van der Waals surface area contributed by atoms with Crippen LogP contribution in [0.4, 0.5) is 23.2 Å². The minimum Gasteiger partial charge on any atom is -0.378 e. The van der Waals surface area contributed by atoms with E-state index in [1.54, 1.807) is 0 Å². The first-order valence-electron chi connectivity index (χ1n) is 6.43. The fourth-order valence-electron chi connectivity index (χ4n) is 2.45. The molecule has 1 heterocycles. The highest BCUT2D eigenvalue weighted by molar-refractivity contribution is 5.57. The molecule has 1 aromatic rings. The number of hydrogen-bond acceptors (Lipinski definition) is 2. The van der Waals surface area contributed by atoms with Crippen molar-refractivity contribution in [3.05, 3.63) is 54.1 Å². The smallest absolute Gasteiger partial charge is 0.378 e. The summed E-state index contributed by atoms with van der Waals surface area (Å²) in [6, 6.07) is 3.22. The Kier molecular flexibility index (Phi) is 3.98. The van der Waals surface area contributed by atoms with Crippen LogP contribution in [0, 0.1) is 11.7 Å². The van der Waals surface area contributed by atoms with E-state index in [9.17, 15) is 17.6 Å². The Morgan fingerprint density at radius 2 is 2.05 bits per heavy atom. The van der Waals surface area contributed by atoms with Gasteiger partial charge in [0.2, 0.25) is 0 Å². The number of anilines is 1. The van der Waals surface area contributed by atoms with Crippen LogP contribution in [-0.2, 0) is 6.18 Å². The number of nitrogens with one attached hydrogen (secondary N) is 1. The van der Waals surface area contributed by atoms with Crippen molar-refractivity contribution in [2.75, 3.05) is 18.9 Å². The van der Waals surface area contributed by atoms with E-state index < -0.39 is 17.6 Å². The fraction of sp³-hybridized carbons (Fsp3) is 0.333. The van der Waals surface area contributed by atoms with E-state index in [1.807, 2.05) is 11.9 Å². The van der Waals surface area contributed by atoms with Gasteiger partial charge in [-0.3, -0.25) is 0 Å². The highest BCUT2D eigenvalue weighted by Gasteiger charge is 2.37. The lowest BCUT2D eigenvalue weighted by Gasteiger charge is -2.21. The molecule has 2 nitrogen and oxygen atoms in total. The Morgan fingerprint density at radius 1 is 1.38 bits per heavy atom. The van der Waals surface area contributed by atoms with Crippen LogP contribution in [0.1, 0.15) is 12.0 Å². The molecule has 1 saturated heterocycles. The van der Waals surface area contributed by atoms with Gasteiger partial charge in [-0.2, -0.15) is 13.2 Å². The van der Waals surface area contributed by atoms with Crippen LogP contribution >= 0.6 is 0 Å². The Bertz CT molecular complexity index is 578. The van der Waals surface area contributed by atoms with Crippen LogP contribution in [0.2, 0.25) is 0 Å². The summed E-state index contributed by atoms with van der Waals surface area (Å²) >= 11 is 0. The van der Waals surface area contributed by atoms with E-state index >= 15 is 0 Å². The molecule has 0 amide bonds. The molecule has 1 N–H and O–H groups in total.